The van der Waals surface area contributed by atoms with Crippen LogP contribution >= 0.6 is 11.8 Å². The molecule has 0 saturated carbocycles. The van der Waals surface area contributed by atoms with E-state index in [9.17, 15) is 14.9 Å². The number of carbonyl (C=O) groups is 1. The maximum atomic E-state index is 12.3. The second-order valence-electron chi connectivity index (χ2n) is 5.29. The van der Waals surface area contributed by atoms with Crippen LogP contribution in [0.3, 0.4) is 0 Å². The third kappa shape index (κ3) is 4.32. The molecular weight excluding hydrogens is 312 g/mol. The zero-order valence-electron chi connectivity index (χ0n) is 13.2. The molecule has 1 atom stereocenters. The topological polar surface area (TPSA) is 72.2 Å². The number of hydrogen-bond donors (Lipinski definition) is 1. The number of nitrogens with one attached hydrogen (secondary N) is 1. The summed E-state index contributed by atoms with van der Waals surface area (Å²) in [6, 6.07) is 12.2. The number of amides is 1. The number of nitro groups is 1. The Morgan fingerprint density at radius 3 is 2.61 bits per heavy atom. The Balaban J connectivity index is 2.12. The van der Waals surface area contributed by atoms with E-state index in [4.69, 9.17) is 0 Å². The third-order valence-corrected chi connectivity index (χ3v) is 4.64. The minimum Gasteiger partial charge on any atom is -0.319 e. The molecule has 2 aromatic rings. The van der Waals surface area contributed by atoms with Crippen molar-refractivity contribution in [3.63, 3.8) is 0 Å². The van der Waals surface area contributed by atoms with E-state index in [0.717, 1.165) is 16.0 Å². The first kappa shape index (κ1) is 17.0. The summed E-state index contributed by atoms with van der Waals surface area (Å²) >= 11 is 1.44. The van der Waals surface area contributed by atoms with Crippen molar-refractivity contribution in [2.75, 3.05) is 5.32 Å². The van der Waals surface area contributed by atoms with Gasteiger partial charge in [0, 0.05) is 11.0 Å². The molecule has 0 spiro atoms. The third-order valence-electron chi connectivity index (χ3n) is 3.38. The van der Waals surface area contributed by atoms with Crippen LogP contribution in [0.2, 0.25) is 0 Å². The highest BCUT2D eigenvalue weighted by Gasteiger charge is 2.20. The standard InChI is InChI=1S/C17H18N2O3S/c1-11-8-9-12(2)16(10-11)23-13(3)17(20)18-14-6-4-5-7-15(14)19(21)22/h4-10,13H,1-3H3,(H,18,20)/t13-/m0/s1. The SMILES string of the molecule is Cc1ccc(C)c(S[C@@H](C)C(=O)Nc2ccccc2[N+](=O)[O-])c1. The van der Waals surface area contributed by atoms with E-state index in [0.29, 0.717) is 0 Å². The Kier molecular flexibility index (Phi) is 5.39. The molecule has 2 rings (SSSR count). The number of anilines is 1. The van der Waals surface area contributed by atoms with E-state index in [1.807, 2.05) is 32.0 Å². The summed E-state index contributed by atoms with van der Waals surface area (Å²) in [6.45, 7) is 5.78. The Morgan fingerprint density at radius 1 is 1.22 bits per heavy atom. The molecule has 0 aliphatic rings. The van der Waals surface area contributed by atoms with Crippen molar-refractivity contribution in [3.05, 3.63) is 63.7 Å². The minimum absolute atomic E-state index is 0.107. The van der Waals surface area contributed by atoms with Gasteiger partial charge in [0.1, 0.15) is 5.69 Å². The second-order valence-corrected chi connectivity index (χ2v) is 6.68. The predicted molar refractivity (Wildman–Crippen MR) is 93.0 cm³/mol. The molecular formula is C17H18N2O3S. The lowest BCUT2D eigenvalue weighted by atomic mass is 10.2. The van der Waals surface area contributed by atoms with Crippen molar-refractivity contribution in [1.82, 2.24) is 0 Å². The fourth-order valence-corrected chi connectivity index (χ4v) is 3.11. The first-order valence-electron chi connectivity index (χ1n) is 7.16. The van der Waals surface area contributed by atoms with Gasteiger partial charge in [0.15, 0.2) is 0 Å². The Labute approximate surface area is 139 Å². The molecule has 0 aromatic heterocycles. The van der Waals surface area contributed by atoms with E-state index in [1.165, 1.54) is 23.9 Å². The number of nitrogens with zero attached hydrogens (tertiary/aromatic N) is 1. The van der Waals surface area contributed by atoms with Crippen LogP contribution in [0.5, 0.6) is 0 Å². The van der Waals surface area contributed by atoms with Crippen LogP contribution < -0.4 is 5.32 Å². The Hall–Kier alpha value is -2.34. The summed E-state index contributed by atoms with van der Waals surface area (Å²) in [5.41, 5.74) is 2.34. The van der Waals surface area contributed by atoms with Gasteiger partial charge in [0.05, 0.1) is 10.2 Å². The zero-order valence-corrected chi connectivity index (χ0v) is 14.0. The van der Waals surface area contributed by atoms with Crippen LogP contribution in [-0.4, -0.2) is 16.1 Å². The number of para-hydroxylation sites is 2. The molecule has 5 nitrogen and oxygen atoms in total. The predicted octanol–water partition coefficient (Wildman–Crippen LogP) is 4.33. The molecule has 2 aromatic carbocycles. The molecule has 0 heterocycles. The maximum absolute atomic E-state index is 12.3. The van der Waals surface area contributed by atoms with E-state index < -0.39 is 4.92 Å². The lowest BCUT2D eigenvalue weighted by Crippen LogP contribution is -2.23. The number of thioether (sulfide) groups is 1. The molecule has 120 valence electrons. The van der Waals surface area contributed by atoms with Crippen LogP contribution in [0.1, 0.15) is 18.1 Å². The van der Waals surface area contributed by atoms with E-state index in [-0.39, 0.29) is 22.5 Å². The lowest BCUT2D eigenvalue weighted by molar-refractivity contribution is -0.383. The van der Waals surface area contributed by atoms with Crippen LogP contribution in [0.4, 0.5) is 11.4 Å². The monoisotopic (exact) mass is 330 g/mol. The van der Waals surface area contributed by atoms with Gasteiger partial charge in [-0.05, 0) is 38.5 Å². The Bertz CT molecular complexity index is 746. The molecule has 1 amide bonds. The second kappa shape index (κ2) is 7.28. The largest absolute Gasteiger partial charge is 0.319 e. The van der Waals surface area contributed by atoms with Crippen LogP contribution in [0.15, 0.2) is 47.4 Å². The van der Waals surface area contributed by atoms with Gasteiger partial charge in [-0.15, -0.1) is 11.8 Å². The smallest absolute Gasteiger partial charge is 0.292 e. The number of benzene rings is 2. The summed E-state index contributed by atoms with van der Waals surface area (Å²) < 4.78 is 0. The average molecular weight is 330 g/mol. The quantitative estimate of drug-likeness (QED) is 0.503. The molecule has 0 bridgehead atoms. The van der Waals surface area contributed by atoms with Crippen molar-refractivity contribution in [2.24, 2.45) is 0 Å². The molecule has 0 aliphatic heterocycles. The summed E-state index contributed by atoms with van der Waals surface area (Å²) in [4.78, 5) is 23.9. The van der Waals surface area contributed by atoms with Gasteiger partial charge >= 0.3 is 0 Å². The van der Waals surface area contributed by atoms with Crippen molar-refractivity contribution < 1.29 is 9.72 Å². The summed E-state index contributed by atoms with van der Waals surface area (Å²) in [5.74, 6) is -0.259. The molecule has 6 heteroatoms. The van der Waals surface area contributed by atoms with Gasteiger partial charge < -0.3 is 5.32 Å². The number of hydrogen-bond acceptors (Lipinski definition) is 4. The fraction of sp³-hybridized carbons (Fsp3) is 0.235. The minimum atomic E-state index is -0.502. The summed E-state index contributed by atoms with van der Waals surface area (Å²) in [7, 11) is 0. The maximum Gasteiger partial charge on any atom is 0.292 e. The molecule has 0 aliphatic carbocycles. The van der Waals surface area contributed by atoms with Gasteiger partial charge in [-0.2, -0.15) is 0 Å². The zero-order chi connectivity index (χ0) is 17.0. The summed E-state index contributed by atoms with van der Waals surface area (Å²) in [6.07, 6.45) is 0. The van der Waals surface area contributed by atoms with Gasteiger partial charge in [0.25, 0.3) is 5.69 Å². The van der Waals surface area contributed by atoms with E-state index in [1.54, 1.807) is 19.1 Å². The van der Waals surface area contributed by atoms with E-state index >= 15 is 0 Å². The molecule has 0 saturated heterocycles. The van der Waals surface area contributed by atoms with Crippen LogP contribution in [-0.2, 0) is 4.79 Å². The summed E-state index contributed by atoms with van der Waals surface area (Å²) in [5, 5.41) is 13.3. The number of aryl methyl sites for hydroxylation is 2. The molecule has 23 heavy (non-hydrogen) atoms. The average Bonchev–Trinajstić information content (AvgIpc) is 2.51. The molecule has 0 radical (unpaired) electrons. The van der Waals surface area contributed by atoms with Gasteiger partial charge in [-0.3, -0.25) is 14.9 Å². The number of nitro benzene ring substituents is 1. The van der Waals surface area contributed by atoms with Crippen molar-refractivity contribution in [1.29, 1.82) is 0 Å². The van der Waals surface area contributed by atoms with Gasteiger partial charge in [-0.25, -0.2) is 0 Å². The molecule has 0 unspecified atom stereocenters. The molecule has 1 N–H and O–H groups in total. The highest BCUT2D eigenvalue weighted by atomic mass is 32.2. The highest BCUT2D eigenvalue weighted by Crippen LogP contribution is 2.29. The van der Waals surface area contributed by atoms with Crippen LogP contribution in [0.25, 0.3) is 0 Å². The highest BCUT2D eigenvalue weighted by molar-refractivity contribution is 8.00. The number of rotatable bonds is 5. The van der Waals surface area contributed by atoms with Gasteiger partial charge in [-0.1, -0.05) is 29.8 Å². The molecule has 0 fully saturated rings. The van der Waals surface area contributed by atoms with Crippen molar-refractivity contribution in [3.8, 4) is 0 Å². The van der Waals surface area contributed by atoms with Crippen LogP contribution in [0, 0.1) is 24.0 Å². The Morgan fingerprint density at radius 2 is 1.91 bits per heavy atom. The first-order chi connectivity index (χ1) is 10.9. The van der Waals surface area contributed by atoms with Crippen molar-refractivity contribution >= 4 is 29.0 Å². The first-order valence-corrected chi connectivity index (χ1v) is 8.04. The van der Waals surface area contributed by atoms with Gasteiger partial charge in [0.2, 0.25) is 5.91 Å². The van der Waals surface area contributed by atoms with E-state index in [2.05, 4.69) is 5.32 Å². The lowest BCUT2D eigenvalue weighted by Gasteiger charge is -2.14. The fourth-order valence-electron chi connectivity index (χ4n) is 2.05. The normalized spacial score (nSPS) is 11.8. The van der Waals surface area contributed by atoms with Crippen molar-refractivity contribution in [2.45, 2.75) is 30.9 Å². The number of carbonyl (C=O) groups excluding carboxylic acids is 1.